The molecule has 1 saturated heterocycles. The predicted molar refractivity (Wildman–Crippen MR) is 128 cm³/mol. The minimum absolute atomic E-state index is 0.133. The van der Waals surface area contributed by atoms with Crippen LogP contribution in [-0.2, 0) is 16.6 Å². The van der Waals surface area contributed by atoms with Crippen molar-refractivity contribution >= 4 is 38.9 Å². The fourth-order valence-electron chi connectivity index (χ4n) is 3.63. The Morgan fingerprint density at radius 2 is 1.62 bits per heavy atom. The minimum atomic E-state index is -3.76. The average Bonchev–Trinajstić information content (AvgIpc) is 3.35. The predicted octanol–water partition coefficient (Wildman–Crippen LogP) is 4.67. The molecule has 3 aromatic rings. The van der Waals surface area contributed by atoms with Gasteiger partial charge in [-0.1, -0.05) is 41.9 Å². The average molecular weight is 470 g/mol. The van der Waals surface area contributed by atoms with Crippen LogP contribution in [0.25, 0.3) is 0 Å². The van der Waals surface area contributed by atoms with Crippen LogP contribution in [0.15, 0.2) is 77.7 Å². The van der Waals surface area contributed by atoms with E-state index in [0.717, 1.165) is 18.7 Å². The van der Waals surface area contributed by atoms with Gasteiger partial charge in [-0.2, -0.15) is 0 Å². The van der Waals surface area contributed by atoms with E-state index in [9.17, 15) is 13.2 Å². The summed E-state index contributed by atoms with van der Waals surface area (Å²) in [7, 11) is -3.76. The summed E-state index contributed by atoms with van der Waals surface area (Å²) in [4.78, 5) is 15.0. The Balaban J connectivity index is 1.37. The van der Waals surface area contributed by atoms with E-state index < -0.39 is 10.0 Å². The molecule has 166 valence electrons. The van der Waals surface area contributed by atoms with Gasteiger partial charge in [0.15, 0.2) is 0 Å². The number of hydrogen-bond donors (Lipinski definition) is 2. The topological polar surface area (TPSA) is 78.5 Å². The summed E-state index contributed by atoms with van der Waals surface area (Å²) in [5.41, 5.74) is 2.77. The molecule has 0 spiro atoms. The zero-order valence-corrected chi connectivity index (χ0v) is 19.0. The van der Waals surface area contributed by atoms with Crippen molar-refractivity contribution in [1.82, 2.24) is 5.32 Å². The number of benzene rings is 3. The van der Waals surface area contributed by atoms with Gasteiger partial charge in [0.2, 0.25) is 0 Å². The summed E-state index contributed by atoms with van der Waals surface area (Å²) in [6.45, 7) is 2.57. The third-order valence-corrected chi connectivity index (χ3v) is 7.08. The van der Waals surface area contributed by atoms with E-state index in [1.165, 1.54) is 42.8 Å². The molecular formula is C24H24ClN3O3S. The third-order valence-electron chi connectivity index (χ3n) is 5.39. The normalized spacial score (nSPS) is 13.7. The first kappa shape index (κ1) is 22.2. The molecule has 6 nitrogen and oxygen atoms in total. The Labute approximate surface area is 193 Å². The van der Waals surface area contributed by atoms with Crippen LogP contribution < -0.4 is 14.9 Å². The molecule has 0 radical (unpaired) electrons. The van der Waals surface area contributed by atoms with Crippen LogP contribution in [-0.4, -0.2) is 27.4 Å². The highest BCUT2D eigenvalue weighted by Crippen LogP contribution is 2.26. The Morgan fingerprint density at radius 3 is 2.28 bits per heavy atom. The Morgan fingerprint density at radius 1 is 0.938 bits per heavy atom. The van der Waals surface area contributed by atoms with Crippen LogP contribution in [0.1, 0.15) is 28.8 Å². The molecule has 32 heavy (non-hydrogen) atoms. The summed E-state index contributed by atoms with van der Waals surface area (Å²) in [6.07, 6.45) is 2.46. The molecule has 4 rings (SSSR count). The van der Waals surface area contributed by atoms with E-state index in [0.29, 0.717) is 12.1 Å². The first-order chi connectivity index (χ1) is 15.4. The fourth-order valence-corrected chi connectivity index (χ4v) is 5.01. The van der Waals surface area contributed by atoms with E-state index in [1.807, 2.05) is 12.1 Å². The first-order valence-corrected chi connectivity index (χ1v) is 12.3. The molecule has 0 aliphatic carbocycles. The van der Waals surface area contributed by atoms with Gasteiger partial charge in [0, 0.05) is 30.9 Å². The molecule has 0 saturated carbocycles. The van der Waals surface area contributed by atoms with Crippen molar-refractivity contribution in [2.24, 2.45) is 0 Å². The second-order valence-corrected chi connectivity index (χ2v) is 9.75. The SMILES string of the molecule is O=C(NCc1ccc(N2CCCC2)cc1)c1ccc(NS(=O)(=O)c2ccccc2)c(Cl)c1. The number of hydrogen-bond acceptors (Lipinski definition) is 4. The van der Waals surface area contributed by atoms with Crippen LogP contribution in [0.2, 0.25) is 5.02 Å². The summed E-state index contributed by atoms with van der Waals surface area (Å²) in [5.74, 6) is -0.284. The molecule has 1 aliphatic heterocycles. The van der Waals surface area contributed by atoms with Crippen LogP contribution >= 0.6 is 11.6 Å². The highest BCUT2D eigenvalue weighted by molar-refractivity contribution is 7.92. The van der Waals surface area contributed by atoms with Gasteiger partial charge < -0.3 is 10.2 Å². The molecule has 1 aliphatic rings. The van der Waals surface area contributed by atoms with E-state index >= 15 is 0 Å². The molecule has 1 amide bonds. The third kappa shape index (κ3) is 5.23. The van der Waals surface area contributed by atoms with Crippen molar-refractivity contribution < 1.29 is 13.2 Å². The standard InChI is InChI=1S/C24H24ClN3O3S/c25-22-16-19(10-13-23(22)27-32(30,31)21-6-2-1-3-7-21)24(29)26-17-18-8-11-20(12-9-18)28-14-4-5-15-28/h1-3,6-13,16,27H,4-5,14-15,17H2,(H,26,29). The van der Waals surface area contributed by atoms with E-state index in [-0.39, 0.29) is 21.5 Å². The van der Waals surface area contributed by atoms with Gasteiger partial charge in [-0.3, -0.25) is 9.52 Å². The highest BCUT2D eigenvalue weighted by atomic mass is 35.5. The molecule has 1 fully saturated rings. The van der Waals surface area contributed by atoms with Gasteiger partial charge in [0.05, 0.1) is 15.6 Å². The number of nitrogens with zero attached hydrogens (tertiary/aromatic N) is 1. The van der Waals surface area contributed by atoms with Crippen molar-refractivity contribution in [2.75, 3.05) is 22.7 Å². The van der Waals surface area contributed by atoms with E-state index in [1.54, 1.807) is 24.3 Å². The Hall–Kier alpha value is -3.03. The lowest BCUT2D eigenvalue weighted by Gasteiger charge is -2.17. The minimum Gasteiger partial charge on any atom is -0.372 e. The molecule has 8 heteroatoms. The summed E-state index contributed by atoms with van der Waals surface area (Å²) in [6, 6.07) is 20.7. The molecule has 0 atom stereocenters. The van der Waals surface area contributed by atoms with Gasteiger partial charge in [-0.15, -0.1) is 0 Å². The first-order valence-electron chi connectivity index (χ1n) is 10.4. The van der Waals surface area contributed by atoms with Crippen LogP contribution in [0.3, 0.4) is 0 Å². The van der Waals surface area contributed by atoms with Crippen LogP contribution in [0.5, 0.6) is 0 Å². The maximum Gasteiger partial charge on any atom is 0.261 e. The zero-order chi connectivity index (χ0) is 22.6. The second kappa shape index (κ2) is 9.63. The Bertz CT molecular complexity index is 1190. The van der Waals surface area contributed by atoms with Gasteiger partial charge >= 0.3 is 0 Å². The molecule has 0 unspecified atom stereocenters. The lowest BCUT2D eigenvalue weighted by Crippen LogP contribution is -2.23. The number of rotatable bonds is 7. The number of anilines is 2. The van der Waals surface area contributed by atoms with Crippen LogP contribution in [0.4, 0.5) is 11.4 Å². The molecule has 0 aromatic heterocycles. The van der Waals surface area contributed by atoms with E-state index in [4.69, 9.17) is 11.6 Å². The number of carbonyl (C=O) groups excluding carboxylic acids is 1. The van der Waals surface area contributed by atoms with Crippen molar-refractivity contribution in [1.29, 1.82) is 0 Å². The monoisotopic (exact) mass is 469 g/mol. The summed E-state index contributed by atoms with van der Waals surface area (Å²) >= 11 is 6.25. The van der Waals surface area contributed by atoms with Crippen molar-refractivity contribution in [3.8, 4) is 0 Å². The largest absolute Gasteiger partial charge is 0.372 e. The maximum atomic E-state index is 12.5. The maximum absolute atomic E-state index is 12.5. The summed E-state index contributed by atoms with van der Waals surface area (Å²) in [5, 5.41) is 3.02. The smallest absolute Gasteiger partial charge is 0.261 e. The Kier molecular flexibility index (Phi) is 6.67. The lowest BCUT2D eigenvalue weighted by atomic mass is 10.1. The fraction of sp³-hybridized carbons (Fsp3) is 0.208. The zero-order valence-electron chi connectivity index (χ0n) is 17.4. The second-order valence-electron chi connectivity index (χ2n) is 7.66. The number of nitrogens with one attached hydrogen (secondary N) is 2. The quantitative estimate of drug-likeness (QED) is 0.527. The number of halogens is 1. The molecule has 1 heterocycles. The molecular weight excluding hydrogens is 446 g/mol. The molecule has 2 N–H and O–H groups in total. The molecule has 3 aromatic carbocycles. The van der Waals surface area contributed by atoms with Gasteiger partial charge in [0.1, 0.15) is 0 Å². The van der Waals surface area contributed by atoms with Crippen molar-refractivity contribution in [3.63, 3.8) is 0 Å². The lowest BCUT2D eigenvalue weighted by molar-refractivity contribution is 0.0951. The van der Waals surface area contributed by atoms with Gasteiger partial charge in [-0.25, -0.2) is 8.42 Å². The van der Waals surface area contributed by atoms with Gasteiger partial charge in [-0.05, 0) is 60.9 Å². The van der Waals surface area contributed by atoms with Crippen LogP contribution in [0, 0.1) is 0 Å². The van der Waals surface area contributed by atoms with Gasteiger partial charge in [0.25, 0.3) is 15.9 Å². The number of amides is 1. The number of sulfonamides is 1. The van der Waals surface area contributed by atoms with Crippen molar-refractivity contribution in [2.45, 2.75) is 24.3 Å². The number of carbonyl (C=O) groups is 1. The summed E-state index contributed by atoms with van der Waals surface area (Å²) < 4.78 is 27.4. The van der Waals surface area contributed by atoms with E-state index in [2.05, 4.69) is 27.1 Å². The molecule has 0 bridgehead atoms. The van der Waals surface area contributed by atoms with Crippen molar-refractivity contribution in [3.05, 3.63) is 88.9 Å². The highest BCUT2D eigenvalue weighted by Gasteiger charge is 2.17.